The summed E-state index contributed by atoms with van der Waals surface area (Å²) in [5.41, 5.74) is 0.131. The molecule has 0 fully saturated rings. The lowest BCUT2D eigenvalue weighted by Gasteiger charge is -1.98. The number of hydrogen-bond donors (Lipinski definition) is 0. The summed E-state index contributed by atoms with van der Waals surface area (Å²) in [6, 6.07) is 6.56. The van der Waals surface area contributed by atoms with E-state index in [1.54, 1.807) is 23.9 Å². The van der Waals surface area contributed by atoms with Crippen molar-refractivity contribution in [3.63, 3.8) is 0 Å². The Hall–Kier alpha value is -0.740. The molecule has 0 aliphatic carbocycles. The molecule has 0 heterocycles. The lowest BCUT2D eigenvalue weighted by atomic mass is 10.3. The van der Waals surface area contributed by atoms with Gasteiger partial charge in [-0.2, -0.15) is 0 Å². The van der Waals surface area contributed by atoms with Crippen molar-refractivity contribution in [2.24, 2.45) is 0 Å². The first kappa shape index (κ1) is 11.3. The van der Waals surface area contributed by atoms with Crippen LogP contribution in [0.2, 0.25) is 0 Å². The van der Waals surface area contributed by atoms with Gasteiger partial charge in [0.25, 0.3) is 5.69 Å². The molecule has 76 valence electrons. The number of benzene rings is 1. The molecule has 0 saturated heterocycles. The number of halogens is 1. The minimum Gasteiger partial charge on any atom is -0.258 e. The van der Waals surface area contributed by atoms with Crippen LogP contribution in [0.15, 0.2) is 29.2 Å². The highest BCUT2D eigenvalue weighted by atomic mass is 35.5. The summed E-state index contributed by atoms with van der Waals surface area (Å²) < 4.78 is 0. The van der Waals surface area contributed by atoms with Crippen LogP contribution in [-0.4, -0.2) is 16.6 Å². The second-order valence-electron chi connectivity index (χ2n) is 2.64. The lowest BCUT2D eigenvalue weighted by Crippen LogP contribution is -1.87. The van der Waals surface area contributed by atoms with E-state index in [2.05, 4.69) is 0 Å². The largest absolute Gasteiger partial charge is 0.269 e. The summed E-state index contributed by atoms with van der Waals surface area (Å²) in [7, 11) is 0. The molecule has 0 aromatic heterocycles. The molecular formula is C9H10ClNO2S. The van der Waals surface area contributed by atoms with Crippen molar-refractivity contribution in [3.8, 4) is 0 Å². The molecule has 0 N–H and O–H groups in total. The fourth-order valence-electron chi connectivity index (χ4n) is 0.909. The minimum atomic E-state index is -0.396. The summed E-state index contributed by atoms with van der Waals surface area (Å²) in [6.45, 7) is 0. The Balaban J connectivity index is 2.51. The summed E-state index contributed by atoms with van der Waals surface area (Å²) in [5.74, 6) is 1.60. The molecule has 0 spiro atoms. The Morgan fingerprint density at radius 2 is 2.00 bits per heavy atom. The van der Waals surface area contributed by atoms with E-state index in [0.717, 1.165) is 17.1 Å². The highest BCUT2D eigenvalue weighted by Gasteiger charge is 2.03. The zero-order valence-corrected chi connectivity index (χ0v) is 9.05. The van der Waals surface area contributed by atoms with Gasteiger partial charge in [-0.05, 0) is 24.3 Å². The maximum atomic E-state index is 10.4. The van der Waals surface area contributed by atoms with Crippen LogP contribution < -0.4 is 0 Å². The van der Waals surface area contributed by atoms with Crippen LogP contribution in [0.1, 0.15) is 6.42 Å². The van der Waals surface area contributed by atoms with Crippen molar-refractivity contribution in [1.29, 1.82) is 0 Å². The minimum absolute atomic E-state index is 0.131. The van der Waals surface area contributed by atoms with Crippen LogP contribution >= 0.6 is 23.4 Å². The Morgan fingerprint density at radius 3 is 2.50 bits per heavy atom. The Labute approximate surface area is 91.6 Å². The molecule has 14 heavy (non-hydrogen) atoms. The van der Waals surface area contributed by atoms with Crippen LogP contribution in [0.4, 0.5) is 5.69 Å². The molecule has 0 aliphatic rings. The summed E-state index contributed by atoms with van der Waals surface area (Å²) >= 11 is 7.19. The van der Waals surface area contributed by atoms with E-state index in [0.29, 0.717) is 5.88 Å². The van der Waals surface area contributed by atoms with Crippen LogP contribution in [0.5, 0.6) is 0 Å². The topological polar surface area (TPSA) is 43.1 Å². The summed E-state index contributed by atoms with van der Waals surface area (Å²) in [6.07, 6.45) is 0.948. The SMILES string of the molecule is O=[N+]([O-])c1ccc(SCCCCl)cc1. The predicted molar refractivity (Wildman–Crippen MR) is 59.2 cm³/mol. The van der Waals surface area contributed by atoms with Crippen LogP contribution in [0.25, 0.3) is 0 Å². The van der Waals surface area contributed by atoms with E-state index in [1.165, 1.54) is 12.1 Å². The van der Waals surface area contributed by atoms with Gasteiger partial charge in [0.2, 0.25) is 0 Å². The van der Waals surface area contributed by atoms with Crippen LogP contribution in [0.3, 0.4) is 0 Å². The number of nitro benzene ring substituents is 1. The number of rotatable bonds is 5. The standard InChI is InChI=1S/C9H10ClNO2S/c10-6-1-7-14-9-4-2-8(3-5-9)11(12)13/h2-5H,1,6-7H2. The van der Waals surface area contributed by atoms with Crippen molar-refractivity contribution < 1.29 is 4.92 Å². The zero-order chi connectivity index (χ0) is 10.4. The maximum Gasteiger partial charge on any atom is 0.269 e. The van der Waals surface area contributed by atoms with Crippen molar-refractivity contribution in [3.05, 3.63) is 34.4 Å². The quantitative estimate of drug-likeness (QED) is 0.257. The Kier molecular flexibility index (Phi) is 4.76. The molecule has 3 nitrogen and oxygen atoms in total. The first-order valence-corrected chi connectivity index (χ1v) is 5.69. The number of nitrogens with zero attached hydrogens (tertiary/aromatic N) is 1. The zero-order valence-electron chi connectivity index (χ0n) is 7.48. The predicted octanol–water partition coefficient (Wildman–Crippen LogP) is 3.32. The molecule has 1 aromatic carbocycles. The van der Waals surface area contributed by atoms with E-state index in [1.807, 2.05) is 0 Å². The van der Waals surface area contributed by atoms with Gasteiger partial charge in [-0.25, -0.2) is 0 Å². The Morgan fingerprint density at radius 1 is 1.36 bits per heavy atom. The fraction of sp³-hybridized carbons (Fsp3) is 0.333. The third-order valence-corrected chi connectivity index (χ3v) is 2.96. The highest BCUT2D eigenvalue weighted by Crippen LogP contribution is 2.21. The van der Waals surface area contributed by atoms with Crippen molar-refractivity contribution in [2.75, 3.05) is 11.6 Å². The van der Waals surface area contributed by atoms with Gasteiger partial charge in [-0.3, -0.25) is 10.1 Å². The summed E-state index contributed by atoms with van der Waals surface area (Å²) in [5, 5.41) is 10.4. The normalized spacial score (nSPS) is 10.1. The van der Waals surface area contributed by atoms with Gasteiger partial charge < -0.3 is 0 Å². The van der Waals surface area contributed by atoms with E-state index in [-0.39, 0.29) is 5.69 Å². The van der Waals surface area contributed by atoms with Gasteiger partial charge in [0.1, 0.15) is 0 Å². The van der Waals surface area contributed by atoms with Crippen molar-refractivity contribution in [1.82, 2.24) is 0 Å². The fourth-order valence-corrected chi connectivity index (χ4v) is 2.05. The van der Waals surface area contributed by atoms with Crippen LogP contribution in [0, 0.1) is 10.1 Å². The number of non-ortho nitro benzene ring substituents is 1. The van der Waals surface area contributed by atoms with Gasteiger partial charge in [-0.15, -0.1) is 23.4 Å². The first-order valence-electron chi connectivity index (χ1n) is 4.17. The Bertz CT molecular complexity index is 302. The molecule has 0 saturated carbocycles. The molecule has 5 heteroatoms. The molecule has 0 radical (unpaired) electrons. The maximum absolute atomic E-state index is 10.4. The highest BCUT2D eigenvalue weighted by molar-refractivity contribution is 7.99. The number of thioether (sulfide) groups is 1. The number of alkyl halides is 1. The van der Waals surface area contributed by atoms with Gasteiger partial charge >= 0.3 is 0 Å². The van der Waals surface area contributed by atoms with Crippen LogP contribution in [-0.2, 0) is 0 Å². The first-order chi connectivity index (χ1) is 6.74. The second-order valence-corrected chi connectivity index (χ2v) is 4.19. The van der Waals surface area contributed by atoms with E-state index in [4.69, 9.17) is 11.6 Å². The van der Waals surface area contributed by atoms with Crippen molar-refractivity contribution >= 4 is 29.1 Å². The average molecular weight is 232 g/mol. The third-order valence-electron chi connectivity index (χ3n) is 1.59. The van der Waals surface area contributed by atoms with Crippen molar-refractivity contribution in [2.45, 2.75) is 11.3 Å². The molecule has 0 unspecified atom stereocenters. The molecule has 0 aliphatic heterocycles. The van der Waals surface area contributed by atoms with Gasteiger partial charge in [0.15, 0.2) is 0 Å². The molecule has 0 amide bonds. The van der Waals surface area contributed by atoms with Gasteiger partial charge in [0.05, 0.1) is 4.92 Å². The monoisotopic (exact) mass is 231 g/mol. The second kappa shape index (κ2) is 5.88. The molecule has 1 aromatic rings. The van der Waals surface area contributed by atoms with E-state index in [9.17, 15) is 10.1 Å². The van der Waals surface area contributed by atoms with Gasteiger partial charge in [0, 0.05) is 22.9 Å². The smallest absolute Gasteiger partial charge is 0.258 e. The number of nitro groups is 1. The lowest BCUT2D eigenvalue weighted by molar-refractivity contribution is -0.384. The average Bonchev–Trinajstić information content (AvgIpc) is 2.19. The van der Waals surface area contributed by atoms with Gasteiger partial charge in [-0.1, -0.05) is 0 Å². The molecule has 0 atom stereocenters. The molecule has 0 bridgehead atoms. The molecular weight excluding hydrogens is 222 g/mol. The summed E-state index contributed by atoms with van der Waals surface area (Å²) in [4.78, 5) is 11.0. The third kappa shape index (κ3) is 3.55. The van der Waals surface area contributed by atoms with E-state index >= 15 is 0 Å². The van der Waals surface area contributed by atoms with E-state index < -0.39 is 4.92 Å². The molecule has 1 rings (SSSR count). The number of hydrogen-bond acceptors (Lipinski definition) is 3.